The summed E-state index contributed by atoms with van der Waals surface area (Å²) in [5.41, 5.74) is 0. The third-order valence-corrected chi connectivity index (χ3v) is 0.977. The monoisotopic (exact) mass is 278 g/mol. The van der Waals surface area contributed by atoms with Crippen LogP contribution < -0.4 is 10.2 Å². The number of rotatable bonds is 3. The molecule has 0 aliphatic rings. The minimum Gasteiger partial charge on any atom is -0.549 e. The normalized spacial score (nSPS) is 10.8. The highest BCUT2D eigenvalue weighted by molar-refractivity contribution is 5.90. The second-order valence-electron chi connectivity index (χ2n) is 6.97. The molecule has 0 aromatic rings. The Hall–Kier alpha value is -1.14. The lowest BCUT2D eigenvalue weighted by Crippen LogP contribution is -2.42. The van der Waals surface area contributed by atoms with Crippen molar-refractivity contribution in [2.75, 3.05) is 56.4 Å². The zero-order valence-corrected chi connectivity index (χ0v) is 13.8. The topological polar surface area (TPSA) is 80.3 Å². The van der Waals surface area contributed by atoms with Crippen LogP contribution in [0.15, 0.2) is 0 Å². The predicted molar refractivity (Wildman–Crippen MR) is 71.7 cm³/mol. The van der Waals surface area contributed by atoms with Crippen molar-refractivity contribution in [2.45, 2.75) is 13.3 Å². The Morgan fingerprint density at radius 1 is 0.789 bits per heavy atom. The van der Waals surface area contributed by atoms with Gasteiger partial charge in [0.15, 0.2) is 0 Å². The first-order valence-corrected chi connectivity index (χ1v) is 6.09. The van der Waals surface area contributed by atoms with Gasteiger partial charge in [-0.15, -0.1) is 0 Å². The lowest BCUT2D eigenvalue weighted by atomic mass is 10.1. The average molecular weight is 278 g/mol. The Bertz CT molecular complexity index is 227. The van der Waals surface area contributed by atoms with Crippen LogP contribution in [-0.4, -0.2) is 77.3 Å². The van der Waals surface area contributed by atoms with E-state index in [0.717, 1.165) is 8.97 Å². The van der Waals surface area contributed by atoms with Crippen molar-refractivity contribution >= 4 is 11.9 Å². The highest BCUT2D eigenvalue weighted by Gasteiger charge is 2.06. The molecule has 0 rings (SSSR count). The molecular weight excluding hydrogens is 248 g/mol. The van der Waals surface area contributed by atoms with E-state index in [0.29, 0.717) is 0 Å². The number of carbonyl (C=O) groups is 2. The number of aliphatic carboxylic acids is 2. The molecule has 0 aromatic heterocycles. The molecule has 0 bridgehead atoms. The lowest BCUT2D eigenvalue weighted by molar-refractivity contribution is -0.849. The zero-order chi connectivity index (χ0) is 16.4. The number of nitrogens with zero attached hydrogens (tertiary/aromatic N) is 2. The molecule has 0 amide bonds. The maximum absolute atomic E-state index is 9.84. The fourth-order valence-electron chi connectivity index (χ4n) is 0.430. The lowest BCUT2D eigenvalue weighted by Gasteiger charge is -2.15. The van der Waals surface area contributed by atoms with Crippen LogP contribution in [0.25, 0.3) is 0 Å². The molecule has 0 fully saturated rings. The average Bonchev–Trinajstić information content (AvgIpc) is 1.95. The van der Waals surface area contributed by atoms with Gasteiger partial charge in [-0.25, -0.2) is 0 Å². The van der Waals surface area contributed by atoms with E-state index in [2.05, 4.69) is 56.4 Å². The van der Waals surface area contributed by atoms with Crippen molar-refractivity contribution < 1.29 is 28.8 Å². The van der Waals surface area contributed by atoms with Crippen molar-refractivity contribution in [3.8, 4) is 0 Å². The Balaban J connectivity index is -0.000000219. The third kappa shape index (κ3) is 47.4. The summed E-state index contributed by atoms with van der Waals surface area (Å²) in [5, 5.41) is 19.7. The summed E-state index contributed by atoms with van der Waals surface area (Å²) in [4.78, 5) is 19.7. The van der Waals surface area contributed by atoms with Crippen molar-refractivity contribution in [3.63, 3.8) is 0 Å². The second kappa shape index (κ2) is 9.75. The van der Waals surface area contributed by atoms with E-state index in [4.69, 9.17) is 0 Å². The Labute approximate surface area is 117 Å². The molecule has 6 heteroatoms. The molecule has 0 unspecified atom stereocenters. The van der Waals surface area contributed by atoms with Gasteiger partial charge in [0.1, 0.15) is 0 Å². The van der Waals surface area contributed by atoms with Gasteiger partial charge in [-0.05, 0) is 6.42 Å². The van der Waals surface area contributed by atoms with Crippen molar-refractivity contribution in [1.29, 1.82) is 0 Å². The molecule has 0 atom stereocenters. The van der Waals surface area contributed by atoms with Gasteiger partial charge in [-0.3, -0.25) is 0 Å². The van der Waals surface area contributed by atoms with Gasteiger partial charge < -0.3 is 28.8 Å². The third-order valence-electron chi connectivity index (χ3n) is 0.977. The molecule has 0 aliphatic carbocycles. The molecular formula is C13H30N2O4. The maximum atomic E-state index is 9.84. The summed E-state index contributed by atoms with van der Waals surface area (Å²) in [6.45, 7) is 1.44. The number of carboxylic acids is 2. The first-order valence-electron chi connectivity index (χ1n) is 6.09. The number of carbonyl (C=O) groups excluding carboxylic acids is 2. The van der Waals surface area contributed by atoms with Crippen LogP contribution in [0.3, 0.4) is 0 Å². The van der Waals surface area contributed by atoms with E-state index in [9.17, 15) is 19.8 Å². The smallest absolute Gasteiger partial charge is 0.0675 e. The Kier molecular flexibility index (Phi) is 11.8. The zero-order valence-electron chi connectivity index (χ0n) is 13.8. The summed E-state index contributed by atoms with van der Waals surface area (Å²) in [5.74, 6) is -4.64. The molecule has 0 aromatic carbocycles. The van der Waals surface area contributed by atoms with E-state index < -0.39 is 17.9 Å². The van der Waals surface area contributed by atoms with Crippen LogP contribution in [0.5, 0.6) is 0 Å². The van der Waals surface area contributed by atoms with E-state index in [1.165, 1.54) is 6.92 Å². The van der Waals surface area contributed by atoms with Gasteiger partial charge in [0.2, 0.25) is 0 Å². The number of quaternary nitrogens is 2. The van der Waals surface area contributed by atoms with Crippen molar-refractivity contribution in [3.05, 3.63) is 0 Å². The van der Waals surface area contributed by atoms with Crippen LogP contribution in [0.4, 0.5) is 0 Å². The van der Waals surface area contributed by atoms with E-state index in [1.54, 1.807) is 0 Å². The van der Waals surface area contributed by atoms with Crippen LogP contribution in [0.1, 0.15) is 13.3 Å². The predicted octanol–water partition coefficient (Wildman–Crippen LogP) is -1.84. The second-order valence-corrected chi connectivity index (χ2v) is 6.97. The molecule has 19 heavy (non-hydrogen) atoms. The first-order chi connectivity index (χ1) is 8.09. The summed E-state index contributed by atoms with van der Waals surface area (Å²) < 4.78 is 2.00. The van der Waals surface area contributed by atoms with Crippen LogP contribution in [0, 0.1) is 5.92 Å². The van der Waals surface area contributed by atoms with E-state index in [1.807, 2.05) is 0 Å². The van der Waals surface area contributed by atoms with E-state index in [-0.39, 0.29) is 6.42 Å². The summed E-state index contributed by atoms with van der Waals surface area (Å²) in [6, 6.07) is 0. The standard InChI is InChI=1S/C5H8O4.2C4H12N/c1-2-3(4(6)7)5(8)9;2*1-5(2,3)4/h3H,2H2,1H3,(H,6,7)(H,8,9);2*1-4H3/q;2*+1/p-2. The Morgan fingerprint density at radius 3 is 0.947 bits per heavy atom. The fourth-order valence-corrected chi connectivity index (χ4v) is 0.430. The Morgan fingerprint density at radius 2 is 0.947 bits per heavy atom. The van der Waals surface area contributed by atoms with Crippen molar-refractivity contribution in [2.24, 2.45) is 5.92 Å². The number of hydrogen-bond acceptors (Lipinski definition) is 4. The minimum atomic E-state index is -1.59. The molecule has 0 heterocycles. The highest BCUT2D eigenvalue weighted by Crippen LogP contribution is 1.97. The van der Waals surface area contributed by atoms with Gasteiger partial charge in [0.05, 0.1) is 68.3 Å². The van der Waals surface area contributed by atoms with Crippen LogP contribution >= 0.6 is 0 Å². The van der Waals surface area contributed by atoms with Gasteiger partial charge in [-0.2, -0.15) is 0 Å². The first kappa shape index (κ1) is 23.0. The number of hydrogen-bond donors (Lipinski definition) is 0. The van der Waals surface area contributed by atoms with Crippen LogP contribution in [0.2, 0.25) is 0 Å². The van der Waals surface area contributed by atoms with Gasteiger partial charge in [-0.1, -0.05) is 6.92 Å². The molecule has 0 saturated heterocycles. The minimum absolute atomic E-state index is 0.00463. The van der Waals surface area contributed by atoms with Crippen LogP contribution in [-0.2, 0) is 9.59 Å². The molecule has 0 aliphatic heterocycles. The maximum Gasteiger partial charge on any atom is 0.0675 e. The van der Waals surface area contributed by atoms with Gasteiger partial charge in [0, 0.05) is 5.92 Å². The highest BCUT2D eigenvalue weighted by atomic mass is 16.4. The molecule has 0 radical (unpaired) electrons. The summed E-state index contributed by atoms with van der Waals surface area (Å²) in [7, 11) is 17.0. The molecule has 0 saturated carbocycles. The number of carboxylic acid groups (broad SMARTS) is 2. The summed E-state index contributed by atoms with van der Waals surface area (Å²) in [6.07, 6.45) is 0.00463. The molecule has 116 valence electrons. The molecule has 0 spiro atoms. The SMILES string of the molecule is CCC(C(=O)[O-])C(=O)[O-].C[N+](C)(C)C.C[N+](C)(C)C. The van der Waals surface area contributed by atoms with Gasteiger partial charge >= 0.3 is 0 Å². The quantitative estimate of drug-likeness (QED) is 0.449. The van der Waals surface area contributed by atoms with E-state index >= 15 is 0 Å². The van der Waals surface area contributed by atoms with Crippen molar-refractivity contribution in [1.82, 2.24) is 0 Å². The molecule has 0 N–H and O–H groups in total. The molecule has 6 nitrogen and oxygen atoms in total. The summed E-state index contributed by atoms with van der Waals surface area (Å²) >= 11 is 0. The largest absolute Gasteiger partial charge is 0.549 e. The van der Waals surface area contributed by atoms with Gasteiger partial charge in [0.25, 0.3) is 0 Å². The fraction of sp³-hybridized carbons (Fsp3) is 0.846.